The van der Waals surface area contributed by atoms with Crippen LogP contribution in [0, 0.1) is 0 Å². The molecule has 0 amide bonds. The van der Waals surface area contributed by atoms with Crippen molar-refractivity contribution in [3.63, 3.8) is 0 Å². The van der Waals surface area contributed by atoms with Gasteiger partial charge >= 0.3 is 129 Å². The van der Waals surface area contributed by atoms with Gasteiger partial charge in [0.05, 0.1) is 0 Å². The molecule has 0 aliphatic heterocycles. The standard InChI is InChI=1S/C11H8N3.C5H5.2ClH.Hf/c1-2-4-10-6-11(5-9(10)3-1)14-7-12-13-8-14;1-2-4-5-3-1;;;/h1-8H;1-3H,4H2;2*1H;/q;;;;+2/p-2. The largest absolute Gasteiger partial charge is 1.00 e. The van der Waals surface area contributed by atoms with Crippen LogP contribution >= 0.6 is 0 Å². The molecule has 0 saturated carbocycles. The number of fused-ring (bicyclic) bond motifs is 1. The molecule has 0 bridgehead atoms. The summed E-state index contributed by atoms with van der Waals surface area (Å²) >= 11 is -0.930. The number of halogens is 2. The zero-order valence-corrected chi connectivity index (χ0v) is 16.8. The average Bonchev–Trinajstić information content (AvgIpc) is 3.19. The van der Waals surface area contributed by atoms with Crippen molar-refractivity contribution >= 4 is 11.8 Å². The normalized spacial score (nSPS) is 17.7. The summed E-state index contributed by atoms with van der Waals surface area (Å²) in [6.07, 6.45) is 13.9. The molecule has 0 radical (unpaired) electrons. The number of allylic oxidation sites excluding steroid dienone is 5. The van der Waals surface area contributed by atoms with Gasteiger partial charge in [-0.3, -0.25) is 0 Å². The second-order valence-electron chi connectivity index (χ2n) is 4.97. The fourth-order valence-electron chi connectivity index (χ4n) is 2.76. The maximum atomic E-state index is 3.96. The fraction of sp³-hybridized carbons (Fsp3) is 0.125. The summed E-state index contributed by atoms with van der Waals surface area (Å²) in [4.78, 5) is 0. The van der Waals surface area contributed by atoms with Crippen LogP contribution < -0.4 is 24.8 Å². The first-order valence-electron chi connectivity index (χ1n) is 6.69. The number of benzene rings is 1. The predicted molar refractivity (Wildman–Crippen MR) is 75.2 cm³/mol. The minimum Gasteiger partial charge on any atom is -1.00 e. The van der Waals surface area contributed by atoms with Crippen molar-refractivity contribution in [2.45, 2.75) is 10.1 Å². The first kappa shape index (κ1) is 17.4. The minimum atomic E-state index is -0.930. The van der Waals surface area contributed by atoms with Crippen LogP contribution in [0.4, 0.5) is 0 Å². The van der Waals surface area contributed by atoms with Gasteiger partial charge in [-0.05, 0) is 0 Å². The number of nitrogens with zero attached hydrogens (tertiary/aromatic N) is 3. The quantitative estimate of drug-likeness (QED) is 0.432. The van der Waals surface area contributed by atoms with E-state index in [0.717, 1.165) is 6.42 Å². The summed E-state index contributed by atoms with van der Waals surface area (Å²) in [7, 11) is 0. The Balaban J connectivity index is 0.000000882. The van der Waals surface area contributed by atoms with Crippen molar-refractivity contribution in [1.82, 2.24) is 14.8 Å². The first-order valence-corrected chi connectivity index (χ1v) is 10.6. The van der Waals surface area contributed by atoms with E-state index in [-0.39, 0.29) is 24.8 Å². The molecular formula is C16H13Cl2HfN3. The number of hydrogen-bond donors (Lipinski definition) is 0. The van der Waals surface area contributed by atoms with Gasteiger partial charge in [-0.25, -0.2) is 0 Å². The van der Waals surface area contributed by atoms with Crippen LogP contribution in [0.1, 0.15) is 21.2 Å². The molecule has 0 fully saturated rings. The summed E-state index contributed by atoms with van der Waals surface area (Å²) in [5.41, 5.74) is 4.21. The number of rotatable bonds is 3. The third-order valence-corrected chi connectivity index (χ3v) is 9.61. The second-order valence-corrected chi connectivity index (χ2v) is 10.4. The zero-order valence-electron chi connectivity index (χ0n) is 11.7. The van der Waals surface area contributed by atoms with Gasteiger partial charge in [0.1, 0.15) is 0 Å². The predicted octanol–water partition coefficient (Wildman–Crippen LogP) is -2.73. The summed E-state index contributed by atoms with van der Waals surface area (Å²) in [6, 6.07) is 8.76. The summed E-state index contributed by atoms with van der Waals surface area (Å²) in [6.45, 7) is 0. The van der Waals surface area contributed by atoms with Crippen LogP contribution in [0.25, 0.3) is 11.8 Å². The molecule has 6 heteroatoms. The Labute approximate surface area is 153 Å². The van der Waals surface area contributed by atoms with E-state index in [0.29, 0.717) is 3.67 Å². The van der Waals surface area contributed by atoms with Gasteiger partial charge in [-0.15, -0.1) is 0 Å². The Morgan fingerprint density at radius 2 is 1.86 bits per heavy atom. The maximum Gasteiger partial charge on any atom is -1.00 e. The van der Waals surface area contributed by atoms with E-state index in [1.54, 1.807) is 3.33 Å². The fourth-order valence-corrected chi connectivity index (χ4v) is 8.50. The second kappa shape index (κ2) is 7.53. The third-order valence-electron chi connectivity index (χ3n) is 3.72. The Morgan fingerprint density at radius 1 is 1.09 bits per heavy atom. The van der Waals surface area contributed by atoms with Crippen molar-refractivity contribution in [2.24, 2.45) is 0 Å². The molecule has 4 rings (SSSR count). The molecule has 0 saturated heterocycles. The van der Waals surface area contributed by atoms with Gasteiger partial charge in [0, 0.05) is 0 Å². The van der Waals surface area contributed by atoms with Gasteiger partial charge in [0.25, 0.3) is 0 Å². The molecule has 0 N–H and O–H groups in total. The van der Waals surface area contributed by atoms with Crippen LogP contribution in [0.15, 0.2) is 58.5 Å². The van der Waals surface area contributed by atoms with Crippen LogP contribution in [-0.2, 0) is 22.9 Å². The smallest absolute Gasteiger partial charge is 1.00 e. The van der Waals surface area contributed by atoms with E-state index in [2.05, 4.69) is 63.3 Å². The van der Waals surface area contributed by atoms with E-state index in [4.69, 9.17) is 0 Å². The SMILES string of the molecule is C1=CC[C]([Hf+2][CH]2C(n3cnnc3)=Cc3ccccc32)=C1.[Cl-].[Cl-]. The van der Waals surface area contributed by atoms with Crippen LogP contribution in [0.5, 0.6) is 0 Å². The average molecular weight is 497 g/mol. The molecule has 1 unspecified atom stereocenters. The molecule has 1 heterocycles. The van der Waals surface area contributed by atoms with E-state index >= 15 is 0 Å². The Kier molecular flexibility index (Phi) is 5.95. The van der Waals surface area contributed by atoms with E-state index < -0.39 is 22.9 Å². The number of hydrogen-bond acceptors (Lipinski definition) is 2. The summed E-state index contributed by atoms with van der Waals surface area (Å²) < 4.78 is 4.36. The topological polar surface area (TPSA) is 30.7 Å². The van der Waals surface area contributed by atoms with E-state index in [1.165, 1.54) is 16.8 Å². The van der Waals surface area contributed by atoms with Crippen molar-refractivity contribution < 1.29 is 47.7 Å². The maximum absolute atomic E-state index is 3.96. The molecule has 1 aromatic carbocycles. The Hall–Kier alpha value is -0.970. The van der Waals surface area contributed by atoms with Crippen molar-refractivity contribution in [3.05, 3.63) is 69.6 Å². The first-order chi connectivity index (χ1) is 9.92. The zero-order chi connectivity index (χ0) is 13.4. The third kappa shape index (κ3) is 3.19. The van der Waals surface area contributed by atoms with Crippen molar-refractivity contribution in [2.75, 3.05) is 0 Å². The Morgan fingerprint density at radius 3 is 2.59 bits per heavy atom. The molecule has 22 heavy (non-hydrogen) atoms. The molecule has 1 aromatic heterocycles. The van der Waals surface area contributed by atoms with E-state index in [1.807, 2.05) is 12.7 Å². The summed E-state index contributed by atoms with van der Waals surface area (Å²) in [5.74, 6) is 0. The van der Waals surface area contributed by atoms with Gasteiger partial charge < -0.3 is 24.8 Å². The monoisotopic (exact) mass is 497 g/mol. The number of aromatic nitrogens is 3. The molecule has 2 aliphatic rings. The minimum absolute atomic E-state index is 0. The Bertz CT molecular complexity index is 736. The van der Waals surface area contributed by atoms with Gasteiger partial charge in [0.15, 0.2) is 0 Å². The molecule has 1 atom stereocenters. The van der Waals surface area contributed by atoms with Gasteiger partial charge in [0.2, 0.25) is 0 Å². The summed E-state index contributed by atoms with van der Waals surface area (Å²) in [5, 5.41) is 7.93. The molecule has 2 aromatic rings. The molecular weight excluding hydrogens is 484 g/mol. The van der Waals surface area contributed by atoms with Crippen molar-refractivity contribution in [1.29, 1.82) is 0 Å². The van der Waals surface area contributed by atoms with Crippen LogP contribution in [-0.4, -0.2) is 14.8 Å². The molecule has 110 valence electrons. The van der Waals surface area contributed by atoms with Crippen LogP contribution in [0.2, 0.25) is 0 Å². The van der Waals surface area contributed by atoms with Gasteiger partial charge in [-0.2, -0.15) is 0 Å². The van der Waals surface area contributed by atoms with Crippen molar-refractivity contribution in [3.8, 4) is 0 Å². The van der Waals surface area contributed by atoms with Gasteiger partial charge in [-0.1, -0.05) is 0 Å². The molecule has 0 spiro atoms. The van der Waals surface area contributed by atoms with E-state index in [9.17, 15) is 0 Å². The molecule has 3 nitrogen and oxygen atoms in total. The van der Waals surface area contributed by atoms with Crippen LogP contribution in [0.3, 0.4) is 0 Å². The molecule has 2 aliphatic carbocycles.